The van der Waals surface area contributed by atoms with E-state index in [1.165, 1.54) is 0 Å². The lowest BCUT2D eigenvalue weighted by molar-refractivity contribution is 0.0935. The van der Waals surface area contributed by atoms with Crippen molar-refractivity contribution in [3.05, 3.63) is 75.7 Å². The zero-order valence-corrected chi connectivity index (χ0v) is 17.1. The maximum absolute atomic E-state index is 12.6. The maximum Gasteiger partial charge on any atom is 0.251 e. The highest BCUT2D eigenvalue weighted by molar-refractivity contribution is 7.09. The number of ether oxygens (including phenoxy) is 2. The molecule has 0 radical (unpaired) electrons. The van der Waals surface area contributed by atoms with Crippen LogP contribution in [-0.4, -0.2) is 18.0 Å². The molecular weight excluding hydrogens is 372 g/mol. The number of rotatable bonds is 8. The molecule has 0 aliphatic carbocycles. The number of nitrogens with one attached hydrogen (secondary N) is 1. The molecule has 0 aliphatic rings. The lowest BCUT2D eigenvalue weighted by Crippen LogP contribution is -2.28. The Morgan fingerprint density at radius 2 is 1.79 bits per heavy atom. The van der Waals surface area contributed by atoms with Crippen molar-refractivity contribution in [1.82, 2.24) is 10.3 Å². The number of hydrogen-bond donors (Lipinski definition) is 1. The second kappa shape index (κ2) is 9.37. The molecule has 1 amide bonds. The van der Waals surface area contributed by atoms with Crippen LogP contribution in [0, 0.1) is 6.92 Å². The van der Waals surface area contributed by atoms with Crippen LogP contribution in [0.5, 0.6) is 11.5 Å². The van der Waals surface area contributed by atoms with Gasteiger partial charge >= 0.3 is 0 Å². The minimum atomic E-state index is -0.107. The van der Waals surface area contributed by atoms with Crippen LogP contribution < -0.4 is 14.8 Å². The molecule has 6 heteroatoms. The molecule has 28 heavy (non-hydrogen) atoms. The summed E-state index contributed by atoms with van der Waals surface area (Å²) in [5.41, 5.74) is 2.56. The van der Waals surface area contributed by atoms with Gasteiger partial charge < -0.3 is 14.8 Å². The Balaban J connectivity index is 1.59. The average Bonchev–Trinajstić information content (AvgIpc) is 3.16. The number of aryl methyl sites for hydroxylation is 1. The zero-order valence-electron chi connectivity index (χ0n) is 16.3. The summed E-state index contributed by atoms with van der Waals surface area (Å²) in [5.74, 6) is 1.40. The van der Waals surface area contributed by atoms with Gasteiger partial charge in [0.1, 0.15) is 18.1 Å². The predicted octanol–water partition coefficient (Wildman–Crippen LogP) is 4.92. The van der Waals surface area contributed by atoms with Gasteiger partial charge in [0.2, 0.25) is 0 Å². The second-order valence-electron chi connectivity index (χ2n) is 6.38. The highest BCUT2D eigenvalue weighted by atomic mass is 32.1. The topological polar surface area (TPSA) is 60.5 Å². The molecule has 1 atom stereocenters. The first-order chi connectivity index (χ1) is 13.6. The molecular formula is C22H24N2O3S. The number of benzene rings is 2. The minimum absolute atomic E-state index is 0.0535. The van der Waals surface area contributed by atoms with Crippen LogP contribution in [0.2, 0.25) is 0 Å². The van der Waals surface area contributed by atoms with E-state index < -0.39 is 0 Å². The Morgan fingerprint density at radius 1 is 1.11 bits per heavy atom. The largest absolute Gasteiger partial charge is 0.497 e. The summed E-state index contributed by atoms with van der Waals surface area (Å²) < 4.78 is 10.9. The van der Waals surface area contributed by atoms with E-state index in [-0.39, 0.29) is 11.9 Å². The zero-order chi connectivity index (χ0) is 19.9. The van der Waals surface area contributed by atoms with Crippen LogP contribution in [0.4, 0.5) is 0 Å². The van der Waals surface area contributed by atoms with E-state index in [0.29, 0.717) is 17.9 Å². The highest BCUT2D eigenvalue weighted by Crippen LogP contribution is 2.21. The number of carbonyl (C=O) groups is 1. The van der Waals surface area contributed by atoms with Crippen molar-refractivity contribution in [2.24, 2.45) is 0 Å². The first-order valence-electron chi connectivity index (χ1n) is 9.17. The molecule has 5 nitrogen and oxygen atoms in total. The summed E-state index contributed by atoms with van der Waals surface area (Å²) >= 11 is 1.60. The van der Waals surface area contributed by atoms with Crippen molar-refractivity contribution in [3.8, 4) is 11.5 Å². The summed E-state index contributed by atoms with van der Waals surface area (Å²) in [6.07, 6.45) is 0.798. The molecule has 0 aliphatic heterocycles. The van der Waals surface area contributed by atoms with Gasteiger partial charge in [0.05, 0.1) is 23.9 Å². The third kappa shape index (κ3) is 5.10. The number of hydrogen-bond acceptors (Lipinski definition) is 5. The van der Waals surface area contributed by atoms with E-state index in [1.54, 1.807) is 30.6 Å². The molecule has 0 spiro atoms. The van der Waals surface area contributed by atoms with Gasteiger partial charge in [0.15, 0.2) is 0 Å². The first-order valence-corrected chi connectivity index (χ1v) is 10.1. The minimum Gasteiger partial charge on any atom is -0.497 e. The van der Waals surface area contributed by atoms with Crippen molar-refractivity contribution in [3.63, 3.8) is 0 Å². The Hall–Kier alpha value is -2.86. The van der Waals surface area contributed by atoms with Crippen molar-refractivity contribution in [2.75, 3.05) is 7.11 Å². The van der Waals surface area contributed by atoms with Gasteiger partial charge in [0, 0.05) is 10.9 Å². The van der Waals surface area contributed by atoms with Gasteiger partial charge in [-0.1, -0.05) is 19.1 Å². The average molecular weight is 397 g/mol. The van der Waals surface area contributed by atoms with Gasteiger partial charge in [0.25, 0.3) is 5.91 Å². The summed E-state index contributed by atoms with van der Waals surface area (Å²) in [6.45, 7) is 4.44. The Kier molecular flexibility index (Phi) is 6.66. The second-order valence-corrected chi connectivity index (χ2v) is 7.44. The van der Waals surface area contributed by atoms with Crippen LogP contribution in [0.3, 0.4) is 0 Å². The van der Waals surface area contributed by atoms with Crippen LogP contribution in [0.25, 0.3) is 0 Å². The smallest absolute Gasteiger partial charge is 0.251 e. The molecule has 1 unspecified atom stereocenters. The summed E-state index contributed by atoms with van der Waals surface area (Å²) in [4.78, 5) is 17.0. The number of aromatic nitrogens is 1. The summed E-state index contributed by atoms with van der Waals surface area (Å²) in [6, 6.07) is 14.9. The maximum atomic E-state index is 12.6. The van der Waals surface area contributed by atoms with E-state index in [2.05, 4.69) is 10.3 Å². The third-order valence-electron chi connectivity index (χ3n) is 4.40. The monoisotopic (exact) mass is 396 g/mol. The van der Waals surface area contributed by atoms with Gasteiger partial charge in [-0.15, -0.1) is 11.3 Å². The first kappa shape index (κ1) is 19.9. The van der Waals surface area contributed by atoms with E-state index >= 15 is 0 Å². The fourth-order valence-corrected chi connectivity index (χ4v) is 3.43. The number of methoxy groups -OCH3 is 1. The number of nitrogens with zero attached hydrogens (tertiary/aromatic N) is 1. The molecule has 0 bridgehead atoms. The van der Waals surface area contributed by atoms with Crippen molar-refractivity contribution < 1.29 is 14.3 Å². The Labute approximate surface area is 169 Å². The lowest BCUT2D eigenvalue weighted by Gasteiger charge is -2.18. The lowest BCUT2D eigenvalue weighted by atomic mass is 10.0. The van der Waals surface area contributed by atoms with E-state index in [9.17, 15) is 4.79 Å². The van der Waals surface area contributed by atoms with Crippen LogP contribution in [0.15, 0.2) is 53.9 Å². The Morgan fingerprint density at radius 3 is 2.36 bits per heavy atom. The molecule has 3 aromatic rings. The molecule has 0 saturated heterocycles. The molecule has 1 N–H and O–H groups in total. The van der Waals surface area contributed by atoms with Crippen LogP contribution >= 0.6 is 11.3 Å². The van der Waals surface area contributed by atoms with Gasteiger partial charge in [-0.3, -0.25) is 4.79 Å². The van der Waals surface area contributed by atoms with E-state index in [0.717, 1.165) is 28.4 Å². The SMILES string of the molecule is CCC(NC(=O)c1ccc(OCc2csc(C)n2)cc1)c1ccc(OC)cc1. The van der Waals surface area contributed by atoms with Crippen molar-refractivity contribution in [1.29, 1.82) is 0 Å². The molecule has 146 valence electrons. The molecule has 3 rings (SSSR count). The molecule has 2 aromatic carbocycles. The molecule has 1 aromatic heterocycles. The van der Waals surface area contributed by atoms with Gasteiger partial charge in [-0.2, -0.15) is 0 Å². The number of amides is 1. The van der Waals surface area contributed by atoms with Crippen molar-refractivity contribution in [2.45, 2.75) is 32.9 Å². The summed E-state index contributed by atoms with van der Waals surface area (Å²) in [7, 11) is 1.64. The molecule has 0 saturated carbocycles. The summed E-state index contributed by atoms with van der Waals surface area (Å²) in [5, 5.41) is 6.10. The fraction of sp³-hybridized carbons (Fsp3) is 0.273. The predicted molar refractivity (Wildman–Crippen MR) is 111 cm³/mol. The normalized spacial score (nSPS) is 11.7. The van der Waals surface area contributed by atoms with Crippen molar-refractivity contribution >= 4 is 17.2 Å². The van der Waals surface area contributed by atoms with Crippen LogP contribution in [0.1, 0.15) is 46.0 Å². The van der Waals surface area contributed by atoms with Gasteiger partial charge in [-0.05, 0) is 55.3 Å². The number of carbonyl (C=O) groups excluding carboxylic acids is 1. The van der Waals surface area contributed by atoms with E-state index in [4.69, 9.17) is 9.47 Å². The Bertz CT molecular complexity index is 904. The standard InChI is InChI=1S/C22H24N2O3S/c1-4-21(16-5-9-19(26-3)10-6-16)24-22(25)17-7-11-20(12-8-17)27-13-18-14-28-15(2)23-18/h5-12,14,21H,4,13H2,1-3H3,(H,24,25). The quantitative estimate of drug-likeness (QED) is 0.587. The molecule has 0 fully saturated rings. The van der Waals surface area contributed by atoms with E-state index in [1.807, 2.05) is 55.6 Å². The van der Waals surface area contributed by atoms with Gasteiger partial charge in [-0.25, -0.2) is 4.98 Å². The highest BCUT2D eigenvalue weighted by Gasteiger charge is 2.14. The van der Waals surface area contributed by atoms with Crippen LogP contribution in [-0.2, 0) is 6.61 Å². The third-order valence-corrected chi connectivity index (χ3v) is 5.22. The molecule has 1 heterocycles. The number of thiazole rings is 1. The fourth-order valence-electron chi connectivity index (χ4n) is 2.83.